The van der Waals surface area contributed by atoms with Crippen LogP contribution in [0.1, 0.15) is 68.8 Å². The van der Waals surface area contributed by atoms with Crippen LogP contribution in [0.15, 0.2) is 101 Å². The molecular weight excluding hydrogens is 574 g/mol. The molecule has 0 aromatic heterocycles. The van der Waals surface area contributed by atoms with E-state index in [0.717, 1.165) is 31.7 Å². The van der Waals surface area contributed by atoms with Gasteiger partial charge < -0.3 is 9.47 Å². The second-order valence-corrected chi connectivity index (χ2v) is 12.3. The fourth-order valence-corrected chi connectivity index (χ4v) is 6.63. The summed E-state index contributed by atoms with van der Waals surface area (Å²) in [5, 5.41) is 0. The predicted octanol–water partition coefficient (Wildman–Crippen LogP) is 6.36. The van der Waals surface area contributed by atoms with Crippen LogP contribution in [0.5, 0.6) is 0 Å². The van der Waals surface area contributed by atoms with Gasteiger partial charge >= 0.3 is 11.9 Å². The lowest BCUT2D eigenvalue weighted by atomic mass is 9.75. The van der Waals surface area contributed by atoms with Crippen LogP contribution in [0.4, 0.5) is 0 Å². The minimum atomic E-state index is -0.784. The van der Waals surface area contributed by atoms with Crippen LogP contribution < -0.4 is 0 Å². The molecule has 5 rings (SSSR count). The summed E-state index contributed by atoms with van der Waals surface area (Å²) in [7, 11) is 0. The van der Waals surface area contributed by atoms with Gasteiger partial charge in [0.05, 0.1) is 17.7 Å². The number of nitrogens with zero attached hydrogens (tertiary/aromatic N) is 3. The minimum absolute atomic E-state index is 0.139. The molecule has 3 atom stereocenters. The molecule has 238 valence electrons. The van der Waals surface area contributed by atoms with Gasteiger partial charge in [0.25, 0.3) is 0 Å². The van der Waals surface area contributed by atoms with Crippen molar-refractivity contribution in [1.82, 2.24) is 9.80 Å². The van der Waals surface area contributed by atoms with Gasteiger partial charge in [0, 0.05) is 49.1 Å². The topological polar surface area (TPSA) is 71.4 Å². The molecule has 7 nitrogen and oxygen atoms in total. The van der Waals surface area contributed by atoms with Crippen molar-refractivity contribution in [3.8, 4) is 12.3 Å². The molecule has 46 heavy (non-hydrogen) atoms. The van der Waals surface area contributed by atoms with Gasteiger partial charge in [-0.1, -0.05) is 78.7 Å². The standard InChI is InChI=1S/C39H43N3O4/c1-7-30-15-14-20-33(25-30)36-34(38(43)45-26(2)3)27(4)40-28(5)35(36)39(44)46-29(6)41-21-23-42(24-22-41)37(31-16-10-8-11-17-31)32-18-12-9-13-19-32/h1,8-20,25-26,29,34,36-37H,21-24H2,2-6H3. The van der Waals surface area contributed by atoms with Crippen molar-refractivity contribution in [1.29, 1.82) is 0 Å². The SMILES string of the molecule is C#Cc1cccc(C2C(C(=O)OC(C)N3CCN(C(c4ccccc4)c4ccccc4)CC3)=C(C)N=C(C)C2C(=O)OC(C)C)c1. The quantitative estimate of drug-likeness (QED) is 0.206. The number of esters is 2. The van der Waals surface area contributed by atoms with Crippen LogP contribution in [-0.2, 0) is 19.1 Å². The molecule has 3 unspecified atom stereocenters. The Morgan fingerprint density at radius 2 is 1.41 bits per heavy atom. The first kappa shape index (κ1) is 32.9. The maximum Gasteiger partial charge on any atom is 0.338 e. The molecule has 2 aliphatic rings. The lowest BCUT2D eigenvalue weighted by Crippen LogP contribution is -2.51. The van der Waals surface area contributed by atoms with Crippen LogP contribution in [0.25, 0.3) is 0 Å². The molecule has 0 bridgehead atoms. The maximum absolute atomic E-state index is 14.1. The molecule has 0 N–H and O–H groups in total. The number of rotatable bonds is 9. The zero-order valence-corrected chi connectivity index (χ0v) is 27.4. The van der Waals surface area contributed by atoms with Gasteiger partial charge in [-0.3, -0.25) is 19.6 Å². The lowest BCUT2D eigenvalue weighted by molar-refractivity contribution is -0.155. The third-order valence-corrected chi connectivity index (χ3v) is 8.80. The van der Waals surface area contributed by atoms with E-state index < -0.39 is 30.0 Å². The maximum atomic E-state index is 14.1. The Balaban J connectivity index is 1.35. The van der Waals surface area contributed by atoms with E-state index in [1.54, 1.807) is 27.7 Å². The van der Waals surface area contributed by atoms with Crippen LogP contribution in [-0.4, -0.2) is 66.0 Å². The minimum Gasteiger partial charge on any atom is -0.462 e. The molecule has 0 aliphatic carbocycles. The molecular formula is C39H43N3O4. The summed E-state index contributed by atoms with van der Waals surface area (Å²) in [5.74, 6) is 0.314. The second-order valence-electron chi connectivity index (χ2n) is 12.3. The van der Waals surface area contributed by atoms with Crippen molar-refractivity contribution in [2.75, 3.05) is 26.2 Å². The van der Waals surface area contributed by atoms with Crippen molar-refractivity contribution in [2.45, 2.75) is 58.9 Å². The Bertz CT molecular complexity index is 1590. The van der Waals surface area contributed by atoms with E-state index in [0.29, 0.717) is 22.5 Å². The molecule has 0 radical (unpaired) electrons. The largest absolute Gasteiger partial charge is 0.462 e. The Morgan fingerprint density at radius 1 is 0.826 bits per heavy atom. The zero-order valence-electron chi connectivity index (χ0n) is 27.4. The van der Waals surface area contributed by atoms with Crippen LogP contribution in [0.2, 0.25) is 0 Å². The third-order valence-electron chi connectivity index (χ3n) is 8.80. The smallest absolute Gasteiger partial charge is 0.338 e. The van der Waals surface area contributed by atoms with Gasteiger partial charge in [-0.2, -0.15) is 0 Å². The average molecular weight is 618 g/mol. The number of hydrogen-bond donors (Lipinski definition) is 0. The highest BCUT2D eigenvalue weighted by molar-refractivity contribution is 6.07. The number of hydrogen-bond acceptors (Lipinski definition) is 7. The van der Waals surface area contributed by atoms with Gasteiger partial charge in [0.1, 0.15) is 5.92 Å². The lowest BCUT2D eigenvalue weighted by Gasteiger charge is -2.41. The van der Waals surface area contributed by atoms with E-state index in [1.165, 1.54) is 11.1 Å². The van der Waals surface area contributed by atoms with E-state index in [-0.39, 0.29) is 12.1 Å². The number of ether oxygens (including phenoxy) is 2. The van der Waals surface area contributed by atoms with Gasteiger partial charge in [0.15, 0.2) is 6.23 Å². The van der Waals surface area contributed by atoms with Crippen molar-refractivity contribution >= 4 is 17.7 Å². The summed E-state index contributed by atoms with van der Waals surface area (Å²) < 4.78 is 11.8. The van der Waals surface area contributed by atoms with Gasteiger partial charge in [-0.15, -0.1) is 6.42 Å². The number of piperazine rings is 1. The number of allylic oxidation sites excluding steroid dienone is 1. The molecule has 0 spiro atoms. The Kier molecular flexibility index (Phi) is 10.5. The van der Waals surface area contributed by atoms with E-state index in [2.05, 4.69) is 69.2 Å². The van der Waals surface area contributed by atoms with Gasteiger partial charge in [-0.25, -0.2) is 4.79 Å². The van der Waals surface area contributed by atoms with Crippen molar-refractivity contribution < 1.29 is 19.1 Å². The highest BCUT2D eigenvalue weighted by Gasteiger charge is 2.43. The molecule has 3 aromatic carbocycles. The first-order valence-corrected chi connectivity index (χ1v) is 16.0. The van der Waals surface area contributed by atoms with Crippen LogP contribution >= 0.6 is 0 Å². The fourth-order valence-electron chi connectivity index (χ4n) is 6.63. The third kappa shape index (κ3) is 7.31. The summed E-state index contributed by atoms with van der Waals surface area (Å²) in [6, 6.07) is 28.7. The Hall–Kier alpha value is -4.51. The van der Waals surface area contributed by atoms with E-state index in [1.807, 2.05) is 43.3 Å². The summed E-state index contributed by atoms with van der Waals surface area (Å²) in [6.45, 7) is 12.2. The monoisotopic (exact) mass is 617 g/mol. The van der Waals surface area contributed by atoms with Crippen molar-refractivity contribution in [3.05, 3.63) is 118 Å². The number of terminal acetylenes is 1. The van der Waals surface area contributed by atoms with Gasteiger partial charge in [-0.05, 0) is 63.4 Å². The first-order valence-electron chi connectivity index (χ1n) is 16.0. The molecule has 1 saturated heterocycles. The van der Waals surface area contributed by atoms with E-state index in [9.17, 15) is 9.59 Å². The fraction of sp³-hybridized carbons (Fsp3) is 0.359. The molecule has 3 aromatic rings. The number of benzene rings is 3. The highest BCUT2D eigenvalue weighted by Crippen LogP contribution is 2.41. The summed E-state index contributed by atoms with van der Waals surface area (Å²) in [5.41, 5.74) is 5.38. The van der Waals surface area contributed by atoms with Crippen molar-refractivity contribution in [2.24, 2.45) is 10.9 Å². The summed E-state index contributed by atoms with van der Waals surface area (Å²) >= 11 is 0. The average Bonchev–Trinajstić information content (AvgIpc) is 3.05. The summed E-state index contributed by atoms with van der Waals surface area (Å²) in [4.78, 5) is 36.9. The number of carbonyl (C=O) groups is 2. The highest BCUT2D eigenvalue weighted by atomic mass is 16.6. The first-order chi connectivity index (χ1) is 22.2. The predicted molar refractivity (Wildman–Crippen MR) is 181 cm³/mol. The van der Waals surface area contributed by atoms with E-state index >= 15 is 0 Å². The molecule has 1 fully saturated rings. The molecule has 0 saturated carbocycles. The zero-order chi connectivity index (χ0) is 32.8. The summed E-state index contributed by atoms with van der Waals surface area (Å²) in [6.07, 6.45) is 4.93. The van der Waals surface area contributed by atoms with Gasteiger partial charge in [0.2, 0.25) is 0 Å². The second kappa shape index (κ2) is 14.7. The molecule has 2 aliphatic heterocycles. The number of carbonyl (C=O) groups excluding carboxylic acids is 2. The van der Waals surface area contributed by atoms with Crippen molar-refractivity contribution in [3.63, 3.8) is 0 Å². The number of aliphatic imine (C=N–C) groups is 1. The molecule has 0 amide bonds. The molecule has 7 heteroatoms. The van der Waals surface area contributed by atoms with E-state index in [4.69, 9.17) is 15.9 Å². The van der Waals surface area contributed by atoms with Crippen LogP contribution in [0.3, 0.4) is 0 Å². The molecule has 2 heterocycles. The Labute approximate surface area is 272 Å². The Morgan fingerprint density at radius 3 is 1.98 bits per heavy atom. The normalized spacial score (nSPS) is 19.8. The van der Waals surface area contributed by atoms with Crippen LogP contribution in [0, 0.1) is 18.3 Å².